The van der Waals surface area contributed by atoms with Crippen molar-refractivity contribution in [2.24, 2.45) is 11.7 Å². The monoisotopic (exact) mass is 213 g/mol. The number of aromatic nitrogens is 2. The van der Waals surface area contributed by atoms with Crippen molar-refractivity contribution >= 4 is 11.6 Å². The second-order valence-corrected chi connectivity index (χ2v) is 4.33. The van der Waals surface area contributed by atoms with Gasteiger partial charge in [-0.3, -0.25) is 4.68 Å². The van der Waals surface area contributed by atoms with Crippen LogP contribution in [-0.4, -0.2) is 16.3 Å². The maximum atomic E-state index is 6.06. The molecule has 2 atom stereocenters. The molecule has 78 valence electrons. The average molecular weight is 214 g/mol. The smallest absolute Gasteiger partial charge is 0.127 e. The van der Waals surface area contributed by atoms with Gasteiger partial charge in [0.2, 0.25) is 0 Å². The van der Waals surface area contributed by atoms with E-state index >= 15 is 0 Å². The van der Waals surface area contributed by atoms with Crippen molar-refractivity contribution in [3.63, 3.8) is 0 Å². The van der Waals surface area contributed by atoms with Gasteiger partial charge < -0.3 is 5.73 Å². The van der Waals surface area contributed by atoms with E-state index in [9.17, 15) is 0 Å². The van der Waals surface area contributed by atoms with Gasteiger partial charge in [0, 0.05) is 0 Å². The van der Waals surface area contributed by atoms with E-state index in [1.807, 2.05) is 10.7 Å². The molecule has 1 aliphatic rings. The van der Waals surface area contributed by atoms with Gasteiger partial charge in [-0.15, -0.1) is 0 Å². The Bertz CT molecular complexity index is 297. The second kappa shape index (κ2) is 4.32. The van der Waals surface area contributed by atoms with E-state index in [0.29, 0.717) is 12.0 Å². The van der Waals surface area contributed by atoms with Gasteiger partial charge in [0.15, 0.2) is 0 Å². The molecule has 0 aliphatic heterocycles. The molecule has 0 amide bonds. The summed E-state index contributed by atoms with van der Waals surface area (Å²) in [5, 5.41) is 5.00. The molecule has 2 rings (SSSR count). The van der Waals surface area contributed by atoms with Crippen LogP contribution >= 0.6 is 11.6 Å². The number of halogens is 1. The van der Waals surface area contributed by atoms with E-state index in [0.717, 1.165) is 18.1 Å². The summed E-state index contributed by atoms with van der Waals surface area (Å²) in [5.74, 6) is 0.543. The van der Waals surface area contributed by atoms with Crippen molar-refractivity contribution in [3.8, 4) is 0 Å². The number of nitrogens with zero attached hydrogens (tertiary/aromatic N) is 2. The molecule has 1 aromatic heterocycles. The fourth-order valence-corrected chi connectivity index (χ4v) is 2.55. The normalized spacial score (nSPS) is 27.9. The Labute approximate surface area is 89.2 Å². The van der Waals surface area contributed by atoms with Gasteiger partial charge in [-0.05, 0) is 31.4 Å². The van der Waals surface area contributed by atoms with Gasteiger partial charge in [-0.25, -0.2) is 0 Å². The highest BCUT2D eigenvalue weighted by atomic mass is 35.5. The lowest BCUT2D eigenvalue weighted by Crippen LogP contribution is -2.29. The Morgan fingerprint density at radius 1 is 1.50 bits per heavy atom. The summed E-state index contributed by atoms with van der Waals surface area (Å²) >= 11 is 6.06. The zero-order valence-electron chi connectivity index (χ0n) is 8.19. The van der Waals surface area contributed by atoms with Crippen LogP contribution in [-0.2, 0) is 0 Å². The lowest BCUT2D eigenvalue weighted by molar-refractivity contribution is 0.229. The molecule has 0 spiro atoms. The minimum atomic E-state index is 0.413. The number of nitrogens with two attached hydrogens (primary N) is 1. The highest BCUT2D eigenvalue weighted by molar-refractivity contribution is 6.29. The lowest BCUT2D eigenvalue weighted by Gasteiger charge is -2.31. The molecule has 0 saturated heterocycles. The Morgan fingerprint density at radius 2 is 2.29 bits per heavy atom. The van der Waals surface area contributed by atoms with Crippen molar-refractivity contribution in [2.45, 2.75) is 31.7 Å². The van der Waals surface area contributed by atoms with Crippen molar-refractivity contribution in [1.29, 1.82) is 0 Å². The van der Waals surface area contributed by atoms with Gasteiger partial charge in [0.05, 0.1) is 12.2 Å². The van der Waals surface area contributed by atoms with E-state index in [4.69, 9.17) is 17.3 Å². The van der Waals surface area contributed by atoms with Crippen molar-refractivity contribution in [2.75, 3.05) is 6.54 Å². The fourth-order valence-electron chi connectivity index (χ4n) is 2.33. The summed E-state index contributed by atoms with van der Waals surface area (Å²) in [5.41, 5.74) is 5.77. The summed E-state index contributed by atoms with van der Waals surface area (Å²) in [6, 6.07) is 2.25. The standard InChI is InChI=1S/C10H16ClN3/c11-10-5-6-13-14(10)9-4-2-1-3-8(9)7-12/h5-6,8-9H,1-4,7,12H2. The molecule has 1 saturated carbocycles. The molecular formula is C10H16ClN3. The largest absolute Gasteiger partial charge is 0.330 e. The summed E-state index contributed by atoms with van der Waals surface area (Å²) in [6.45, 7) is 0.737. The molecule has 1 aromatic rings. The number of hydrogen-bond donors (Lipinski definition) is 1. The second-order valence-electron chi connectivity index (χ2n) is 3.95. The van der Waals surface area contributed by atoms with E-state index < -0.39 is 0 Å². The van der Waals surface area contributed by atoms with Crippen LogP contribution in [0.2, 0.25) is 5.15 Å². The quantitative estimate of drug-likeness (QED) is 0.819. The van der Waals surface area contributed by atoms with E-state index in [2.05, 4.69) is 5.10 Å². The first kappa shape index (κ1) is 9.99. The fraction of sp³-hybridized carbons (Fsp3) is 0.700. The molecule has 0 aromatic carbocycles. The summed E-state index contributed by atoms with van der Waals surface area (Å²) in [4.78, 5) is 0. The molecule has 2 N–H and O–H groups in total. The highest BCUT2D eigenvalue weighted by Gasteiger charge is 2.26. The van der Waals surface area contributed by atoms with Crippen molar-refractivity contribution in [3.05, 3.63) is 17.4 Å². The topological polar surface area (TPSA) is 43.8 Å². The van der Waals surface area contributed by atoms with E-state index in [1.54, 1.807) is 6.20 Å². The maximum Gasteiger partial charge on any atom is 0.127 e. The van der Waals surface area contributed by atoms with Crippen molar-refractivity contribution in [1.82, 2.24) is 9.78 Å². The Hall–Kier alpha value is -0.540. The molecule has 1 heterocycles. The zero-order valence-corrected chi connectivity index (χ0v) is 8.95. The number of hydrogen-bond acceptors (Lipinski definition) is 2. The van der Waals surface area contributed by atoms with Crippen LogP contribution < -0.4 is 5.73 Å². The van der Waals surface area contributed by atoms with Crippen LogP contribution in [0.5, 0.6) is 0 Å². The van der Waals surface area contributed by atoms with Crippen LogP contribution in [0.1, 0.15) is 31.7 Å². The summed E-state index contributed by atoms with van der Waals surface area (Å²) in [7, 11) is 0. The van der Waals surface area contributed by atoms with Gasteiger partial charge >= 0.3 is 0 Å². The van der Waals surface area contributed by atoms with E-state index in [1.165, 1.54) is 19.3 Å². The minimum Gasteiger partial charge on any atom is -0.330 e. The van der Waals surface area contributed by atoms with Gasteiger partial charge in [-0.1, -0.05) is 24.4 Å². The maximum absolute atomic E-state index is 6.06. The summed E-state index contributed by atoms with van der Waals surface area (Å²) < 4.78 is 1.93. The van der Waals surface area contributed by atoms with Crippen LogP contribution in [0.15, 0.2) is 12.3 Å². The number of rotatable bonds is 2. The molecule has 0 bridgehead atoms. The zero-order chi connectivity index (χ0) is 9.97. The predicted octanol–water partition coefficient (Wildman–Crippen LogP) is 2.23. The molecule has 3 nitrogen and oxygen atoms in total. The molecule has 4 heteroatoms. The molecule has 2 unspecified atom stereocenters. The van der Waals surface area contributed by atoms with Gasteiger partial charge in [0.1, 0.15) is 5.15 Å². The summed E-state index contributed by atoms with van der Waals surface area (Å²) in [6.07, 6.45) is 6.67. The van der Waals surface area contributed by atoms with Crippen LogP contribution in [0.3, 0.4) is 0 Å². The first-order valence-electron chi connectivity index (χ1n) is 5.22. The molecule has 1 aliphatic carbocycles. The Kier molecular flexibility index (Phi) is 3.08. The van der Waals surface area contributed by atoms with Gasteiger partial charge in [-0.2, -0.15) is 5.10 Å². The van der Waals surface area contributed by atoms with Crippen LogP contribution in [0.25, 0.3) is 0 Å². The van der Waals surface area contributed by atoms with Crippen LogP contribution in [0.4, 0.5) is 0 Å². The third-order valence-corrected chi connectivity index (χ3v) is 3.41. The molecular weight excluding hydrogens is 198 g/mol. The van der Waals surface area contributed by atoms with Crippen LogP contribution in [0, 0.1) is 5.92 Å². The van der Waals surface area contributed by atoms with Crippen molar-refractivity contribution < 1.29 is 0 Å². The average Bonchev–Trinajstić information content (AvgIpc) is 2.64. The molecule has 0 radical (unpaired) electrons. The SMILES string of the molecule is NCC1CCCCC1n1nccc1Cl. The highest BCUT2D eigenvalue weighted by Crippen LogP contribution is 2.34. The Balaban J connectivity index is 2.19. The molecule has 14 heavy (non-hydrogen) atoms. The lowest BCUT2D eigenvalue weighted by atomic mass is 9.85. The van der Waals surface area contributed by atoms with E-state index in [-0.39, 0.29) is 0 Å². The molecule has 1 fully saturated rings. The van der Waals surface area contributed by atoms with Gasteiger partial charge in [0.25, 0.3) is 0 Å². The third kappa shape index (κ3) is 1.79. The third-order valence-electron chi connectivity index (χ3n) is 3.11. The first-order chi connectivity index (χ1) is 6.83. The first-order valence-corrected chi connectivity index (χ1v) is 5.60. The Morgan fingerprint density at radius 3 is 2.93 bits per heavy atom. The minimum absolute atomic E-state index is 0.413. The predicted molar refractivity (Wildman–Crippen MR) is 57.3 cm³/mol.